The molecule has 110 valence electrons. The molecule has 0 aliphatic rings. The van der Waals surface area contributed by atoms with Crippen molar-refractivity contribution >= 4 is 21.4 Å². The van der Waals surface area contributed by atoms with E-state index in [4.69, 9.17) is 0 Å². The van der Waals surface area contributed by atoms with Crippen molar-refractivity contribution in [3.05, 3.63) is 28.5 Å². The zero-order valence-electron chi connectivity index (χ0n) is 11.8. The van der Waals surface area contributed by atoms with Gasteiger partial charge in [0.2, 0.25) is 15.2 Å². The Morgan fingerprint density at radius 3 is 2.75 bits per heavy atom. The molecular weight excluding hydrogens is 296 g/mol. The Bertz CT molecular complexity index is 688. The number of hydrogen-bond donors (Lipinski definition) is 1. The second-order valence-corrected chi connectivity index (χ2v) is 7.44. The van der Waals surface area contributed by atoms with E-state index in [1.54, 1.807) is 11.6 Å². The highest BCUT2D eigenvalue weighted by Gasteiger charge is 2.10. The molecule has 2 aromatic rings. The van der Waals surface area contributed by atoms with Gasteiger partial charge in [-0.05, 0) is 26.8 Å². The Hall–Kier alpha value is -1.25. The van der Waals surface area contributed by atoms with Crippen LogP contribution in [0.2, 0.25) is 0 Å². The lowest BCUT2D eigenvalue weighted by atomic mass is 10.3. The molecule has 0 spiro atoms. The molecule has 0 saturated heterocycles. The quantitative estimate of drug-likeness (QED) is 0.875. The van der Waals surface area contributed by atoms with Crippen molar-refractivity contribution in [2.24, 2.45) is 0 Å². The Morgan fingerprint density at radius 1 is 1.40 bits per heavy atom. The fourth-order valence-electron chi connectivity index (χ4n) is 1.77. The van der Waals surface area contributed by atoms with Crippen LogP contribution in [0.3, 0.4) is 0 Å². The summed E-state index contributed by atoms with van der Waals surface area (Å²) in [4.78, 5) is 4.48. The van der Waals surface area contributed by atoms with Crippen molar-refractivity contribution in [2.75, 3.05) is 12.3 Å². The summed E-state index contributed by atoms with van der Waals surface area (Å²) in [5, 5.41) is 7.13. The van der Waals surface area contributed by atoms with Crippen LogP contribution < -0.4 is 4.72 Å². The second kappa shape index (κ2) is 6.02. The number of rotatable bonds is 6. The lowest BCUT2D eigenvalue weighted by molar-refractivity contribution is 0.582. The van der Waals surface area contributed by atoms with Crippen LogP contribution in [0.15, 0.2) is 11.4 Å². The average Bonchev–Trinajstić information content (AvgIpc) is 2.96. The SMILES string of the molecule is CCS(=O)(=O)NCCc1csc(-n2nc(C)cc2C)n1. The van der Waals surface area contributed by atoms with Gasteiger partial charge in [0, 0.05) is 24.0 Å². The number of nitrogens with zero attached hydrogens (tertiary/aromatic N) is 3. The highest BCUT2D eigenvalue weighted by molar-refractivity contribution is 7.89. The summed E-state index contributed by atoms with van der Waals surface area (Å²) in [6.45, 7) is 5.91. The van der Waals surface area contributed by atoms with Crippen LogP contribution in [0.5, 0.6) is 0 Å². The van der Waals surface area contributed by atoms with Gasteiger partial charge >= 0.3 is 0 Å². The molecule has 0 radical (unpaired) electrons. The van der Waals surface area contributed by atoms with Crippen LogP contribution in [-0.4, -0.2) is 35.5 Å². The maximum atomic E-state index is 11.3. The van der Waals surface area contributed by atoms with Gasteiger partial charge in [0.1, 0.15) is 0 Å². The summed E-state index contributed by atoms with van der Waals surface area (Å²) in [6, 6.07) is 2.00. The molecule has 0 aliphatic carbocycles. The molecule has 0 amide bonds. The van der Waals surface area contributed by atoms with Crippen LogP contribution >= 0.6 is 11.3 Å². The van der Waals surface area contributed by atoms with Crippen LogP contribution in [0.1, 0.15) is 24.0 Å². The molecule has 2 rings (SSSR count). The molecule has 0 aliphatic heterocycles. The maximum Gasteiger partial charge on any atom is 0.211 e. The molecule has 0 saturated carbocycles. The van der Waals surface area contributed by atoms with E-state index >= 15 is 0 Å². The van der Waals surface area contributed by atoms with Crippen LogP contribution in [0, 0.1) is 13.8 Å². The van der Waals surface area contributed by atoms with Crippen molar-refractivity contribution in [3.63, 3.8) is 0 Å². The van der Waals surface area contributed by atoms with E-state index in [2.05, 4.69) is 14.8 Å². The minimum absolute atomic E-state index is 0.0983. The van der Waals surface area contributed by atoms with Crippen molar-refractivity contribution in [2.45, 2.75) is 27.2 Å². The third-order valence-corrected chi connectivity index (χ3v) is 5.08. The molecule has 0 bridgehead atoms. The van der Waals surface area contributed by atoms with E-state index in [0.717, 1.165) is 22.2 Å². The largest absolute Gasteiger partial charge is 0.223 e. The Labute approximate surface area is 122 Å². The summed E-state index contributed by atoms with van der Waals surface area (Å²) >= 11 is 1.51. The number of aryl methyl sites for hydroxylation is 2. The fraction of sp³-hybridized carbons (Fsp3) is 0.500. The van der Waals surface area contributed by atoms with Gasteiger partial charge in [-0.3, -0.25) is 0 Å². The number of aromatic nitrogens is 3. The van der Waals surface area contributed by atoms with Crippen molar-refractivity contribution in [1.82, 2.24) is 19.5 Å². The van der Waals surface area contributed by atoms with Gasteiger partial charge in [0.05, 0.1) is 17.1 Å². The zero-order chi connectivity index (χ0) is 14.8. The van der Waals surface area contributed by atoms with E-state index in [1.807, 2.05) is 25.3 Å². The van der Waals surface area contributed by atoms with E-state index in [1.165, 1.54) is 11.3 Å². The van der Waals surface area contributed by atoms with Crippen LogP contribution in [-0.2, 0) is 16.4 Å². The normalized spacial score (nSPS) is 11.9. The number of nitrogens with one attached hydrogen (secondary N) is 1. The summed E-state index contributed by atoms with van der Waals surface area (Å²) in [6.07, 6.45) is 0.578. The van der Waals surface area contributed by atoms with Gasteiger partial charge < -0.3 is 0 Å². The first-order chi connectivity index (χ1) is 9.41. The van der Waals surface area contributed by atoms with Crippen molar-refractivity contribution in [1.29, 1.82) is 0 Å². The van der Waals surface area contributed by atoms with Crippen molar-refractivity contribution in [3.8, 4) is 5.13 Å². The molecular formula is C12H18N4O2S2. The first-order valence-corrected chi connectivity index (χ1v) is 8.90. The van der Waals surface area contributed by atoms with E-state index in [9.17, 15) is 8.42 Å². The first kappa shape index (κ1) is 15.1. The molecule has 1 N–H and O–H groups in total. The monoisotopic (exact) mass is 314 g/mol. The first-order valence-electron chi connectivity index (χ1n) is 6.36. The Kier molecular flexibility index (Phi) is 4.56. The summed E-state index contributed by atoms with van der Waals surface area (Å²) in [7, 11) is -3.13. The molecule has 8 heteroatoms. The standard InChI is InChI=1S/C12H18N4O2S2/c1-4-20(17,18)13-6-5-11-8-19-12(14-11)16-10(3)7-9(2)15-16/h7-8,13H,4-6H2,1-3H3. The predicted molar refractivity (Wildman–Crippen MR) is 79.9 cm³/mol. The molecule has 6 nitrogen and oxygen atoms in total. The predicted octanol–water partition coefficient (Wildman–Crippen LogP) is 1.43. The molecule has 0 fully saturated rings. The van der Waals surface area contributed by atoms with Crippen LogP contribution in [0.25, 0.3) is 5.13 Å². The van der Waals surface area contributed by atoms with E-state index in [0.29, 0.717) is 13.0 Å². The maximum absolute atomic E-state index is 11.3. The lowest BCUT2D eigenvalue weighted by Crippen LogP contribution is -2.27. The second-order valence-electron chi connectivity index (χ2n) is 4.51. The zero-order valence-corrected chi connectivity index (χ0v) is 13.4. The van der Waals surface area contributed by atoms with Crippen molar-refractivity contribution < 1.29 is 8.42 Å². The van der Waals surface area contributed by atoms with Gasteiger partial charge in [-0.1, -0.05) is 0 Å². The molecule has 2 aromatic heterocycles. The highest BCUT2D eigenvalue weighted by atomic mass is 32.2. The lowest BCUT2D eigenvalue weighted by Gasteiger charge is -2.02. The topological polar surface area (TPSA) is 76.9 Å². The Morgan fingerprint density at radius 2 is 2.15 bits per heavy atom. The minimum Gasteiger partial charge on any atom is -0.223 e. The number of sulfonamides is 1. The summed E-state index contributed by atoms with van der Waals surface area (Å²) < 4.78 is 27.0. The Balaban J connectivity index is 2.01. The van der Waals surface area contributed by atoms with Gasteiger partial charge in [0.25, 0.3) is 0 Å². The molecule has 0 atom stereocenters. The molecule has 20 heavy (non-hydrogen) atoms. The minimum atomic E-state index is -3.13. The number of thiazole rings is 1. The van der Waals surface area contributed by atoms with Crippen LogP contribution in [0.4, 0.5) is 0 Å². The van der Waals surface area contributed by atoms with E-state index < -0.39 is 10.0 Å². The molecule has 0 unspecified atom stereocenters. The molecule has 2 heterocycles. The van der Waals surface area contributed by atoms with Gasteiger partial charge in [0.15, 0.2) is 0 Å². The smallest absolute Gasteiger partial charge is 0.211 e. The molecule has 0 aromatic carbocycles. The fourth-order valence-corrected chi connectivity index (χ4v) is 3.25. The van der Waals surface area contributed by atoms with Gasteiger partial charge in [-0.25, -0.2) is 22.8 Å². The average molecular weight is 314 g/mol. The summed E-state index contributed by atoms with van der Waals surface area (Å²) in [5.41, 5.74) is 2.86. The van der Waals surface area contributed by atoms with Gasteiger partial charge in [-0.2, -0.15) is 5.10 Å². The van der Waals surface area contributed by atoms with E-state index in [-0.39, 0.29) is 5.75 Å². The van der Waals surface area contributed by atoms with Gasteiger partial charge in [-0.15, -0.1) is 11.3 Å². The summed E-state index contributed by atoms with van der Waals surface area (Å²) in [5.74, 6) is 0.0983. The third-order valence-electron chi connectivity index (χ3n) is 2.81. The third kappa shape index (κ3) is 3.65. The highest BCUT2D eigenvalue weighted by Crippen LogP contribution is 2.17. The number of hydrogen-bond acceptors (Lipinski definition) is 5.